The van der Waals surface area contributed by atoms with Gasteiger partial charge in [0.25, 0.3) is 0 Å². The Labute approximate surface area is 61.2 Å². The van der Waals surface area contributed by atoms with Crippen molar-refractivity contribution in [1.29, 1.82) is 0 Å². The van der Waals surface area contributed by atoms with Crippen LogP contribution in [-0.4, -0.2) is 18.9 Å². The quantitative estimate of drug-likeness (QED) is 0.585. The maximum atomic E-state index is 11.4. The van der Waals surface area contributed by atoms with Crippen molar-refractivity contribution in [3.05, 3.63) is 0 Å². The molecule has 0 aromatic heterocycles. The summed E-state index contributed by atoms with van der Waals surface area (Å²) >= 11 is 0. The summed E-state index contributed by atoms with van der Waals surface area (Å²) in [5.74, 6) is 0. The summed E-state index contributed by atoms with van der Waals surface area (Å²) < 4.78 is 21.5. The van der Waals surface area contributed by atoms with Crippen LogP contribution in [0.1, 0.15) is 20.3 Å². The van der Waals surface area contributed by atoms with E-state index in [9.17, 15) is 4.57 Å². The molecule has 0 amide bonds. The molecule has 1 aliphatic rings. The van der Waals surface area contributed by atoms with E-state index >= 15 is 0 Å². The molecule has 0 aromatic rings. The lowest BCUT2D eigenvalue weighted by Gasteiger charge is -2.13. The van der Waals surface area contributed by atoms with E-state index < -0.39 is 7.60 Å². The van der Waals surface area contributed by atoms with E-state index in [2.05, 4.69) is 0 Å². The minimum absolute atomic E-state index is 0.00364. The number of rotatable bonds is 2. The maximum Gasteiger partial charge on any atom is 0.331 e. The highest BCUT2D eigenvalue weighted by atomic mass is 31.2. The third-order valence-electron chi connectivity index (χ3n) is 1.24. The van der Waals surface area contributed by atoms with Gasteiger partial charge in [0.05, 0.1) is 18.9 Å². The Bertz CT molecular complexity index is 145. The molecule has 1 fully saturated rings. The molecular formula is C6H13O3P. The first-order valence-corrected chi connectivity index (χ1v) is 5.27. The molecule has 0 saturated carbocycles. The molecule has 0 spiro atoms. The highest BCUT2D eigenvalue weighted by Crippen LogP contribution is 2.53. The lowest BCUT2D eigenvalue weighted by Crippen LogP contribution is -2.00. The average molecular weight is 164 g/mol. The minimum atomic E-state index is -2.63. The van der Waals surface area contributed by atoms with Gasteiger partial charge in [0.2, 0.25) is 0 Å². The molecule has 0 bridgehead atoms. The molecule has 1 aliphatic heterocycles. The first-order valence-electron chi connectivity index (χ1n) is 3.54. The van der Waals surface area contributed by atoms with Crippen LogP contribution in [0.5, 0.6) is 0 Å². The van der Waals surface area contributed by atoms with Gasteiger partial charge < -0.3 is 9.05 Å². The first-order chi connectivity index (χ1) is 4.62. The van der Waals surface area contributed by atoms with E-state index in [0.29, 0.717) is 12.8 Å². The van der Waals surface area contributed by atoms with Crippen molar-refractivity contribution in [2.75, 3.05) is 12.8 Å². The van der Waals surface area contributed by atoms with Gasteiger partial charge in [-0.2, -0.15) is 0 Å². The van der Waals surface area contributed by atoms with Gasteiger partial charge in [0, 0.05) is 0 Å². The highest BCUT2D eigenvalue weighted by molar-refractivity contribution is 7.54. The van der Waals surface area contributed by atoms with E-state index in [1.165, 1.54) is 0 Å². The van der Waals surface area contributed by atoms with Crippen molar-refractivity contribution in [3.63, 3.8) is 0 Å². The van der Waals surface area contributed by atoms with Gasteiger partial charge in [-0.25, -0.2) is 0 Å². The average Bonchev–Trinajstić information content (AvgIpc) is 2.12. The second kappa shape index (κ2) is 3.04. The van der Waals surface area contributed by atoms with Crippen molar-refractivity contribution < 1.29 is 13.6 Å². The SMILES string of the molecule is CC(C)OP1(=O)CCCO1. The van der Waals surface area contributed by atoms with Crippen molar-refractivity contribution in [2.24, 2.45) is 0 Å². The smallest absolute Gasteiger partial charge is 0.309 e. The normalized spacial score (nSPS) is 33.5. The first kappa shape index (κ1) is 8.25. The van der Waals surface area contributed by atoms with E-state index in [1.807, 2.05) is 13.8 Å². The van der Waals surface area contributed by atoms with Gasteiger partial charge in [0.15, 0.2) is 0 Å². The van der Waals surface area contributed by atoms with E-state index in [0.717, 1.165) is 6.42 Å². The van der Waals surface area contributed by atoms with Crippen LogP contribution in [0, 0.1) is 0 Å². The Morgan fingerprint density at radius 2 is 2.30 bits per heavy atom. The van der Waals surface area contributed by atoms with Crippen LogP contribution in [0.4, 0.5) is 0 Å². The molecule has 0 aromatic carbocycles. The molecular weight excluding hydrogens is 151 g/mol. The number of hydrogen-bond acceptors (Lipinski definition) is 3. The van der Waals surface area contributed by atoms with Gasteiger partial charge >= 0.3 is 7.60 Å². The zero-order valence-corrected chi connectivity index (χ0v) is 7.27. The Morgan fingerprint density at radius 3 is 2.70 bits per heavy atom. The van der Waals surface area contributed by atoms with Crippen LogP contribution < -0.4 is 0 Å². The highest BCUT2D eigenvalue weighted by Gasteiger charge is 2.30. The molecule has 1 saturated heterocycles. The van der Waals surface area contributed by atoms with Gasteiger partial charge in [0.1, 0.15) is 0 Å². The minimum Gasteiger partial charge on any atom is -0.309 e. The predicted molar refractivity (Wildman–Crippen MR) is 39.3 cm³/mol. The number of hydrogen-bond donors (Lipinski definition) is 0. The van der Waals surface area contributed by atoms with Crippen molar-refractivity contribution in [2.45, 2.75) is 26.4 Å². The molecule has 10 heavy (non-hydrogen) atoms. The zero-order chi connectivity index (χ0) is 7.61. The monoisotopic (exact) mass is 164 g/mol. The fraction of sp³-hybridized carbons (Fsp3) is 1.00. The molecule has 60 valence electrons. The van der Waals surface area contributed by atoms with Crippen molar-refractivity contribution >= 4 is 7.60 Å². The molecule has 0 N–H and O–H groups in total. The summed E-state index contributed by atoms with van der Waals surface area (Å²) in [6, 6.07) is 0. The lowest BCUT2D eigenvalue weighted by molar-refractivity contribution is 0.187. The van der Waals surface area contributed by atoms with Crippen molar-refractivity contribution in [1.82, 2.24) is 0 Å². The van der Waals surface area contributed by atoms with Crippen LogP contribution in [0.15, 0.2) is 0 Å². The topological polar surface area (TPSA) is 35.5 Å². The molecule has 3 nitrogen and oxygen atoms in total. The van der Waals surface area contributed by atoms with Crippen LogP contribution in [-0.2, 0) is 13.6 Å². The molecule has 4 heteroatoms. The van der Waals surface area contributed by atoms with Crippen molar-refractivity contribution in [3.8, 4) is 0 Å². The van der Waals surface area contributed by atoms with E-state index in [1.54, 1.807) is 0 Å². The molecule has 1 atom stereocenters. The summed E-state index contributed by atoms with van der Waals surface area (Å²) in [5, 5.41) is 0. The summed E-state index contributed by atoms with van der Waals surface area (Å²) in [4.78, 5) is 0. The molecule has 0 aliphatic carbocycles. The van der Waals surface area contributed by atoms with E-state index in [4.69, 9.17) is 9.05 Å². The van der Waals surface area contributed by atoms with Gasteiger partial charge in [-0.1, -0.05) is 0 Å². The fourth-order valence-corrected chi connectivity index (χ4v) is 2.79. The Hall–Kier alpha value is 0.150. The summed E-state index contributed by atoms with van der Waals surface area (Å²) in [6.07, 6.45) is 1.46. The zero-order valence-electron chi connectivity index (χ0n) is 6.37. The molecule has 0 radical (unpaired) electrons. The summed E-state index contributed by atoms with van der Waals surface area (Å²) in [6.45, 7) is 4.31. The Morgan fingerprint density at radius 1 is 1.60 bits per heavy atom. The van der Waals surface area contributed by atoms with Crippen LogP contribution in [0.2, 0.25) is 0 Å². The Balaban J connectivity index is 2.44. The van der Waals surface area contributed by atoms with Crippen LogP contribution >= 0.6 is 7.60 Å². The Kier molecular flexibility index (Phi) is 2.50. The van der Waals surface area contributed by atoms with Gasteiger partial charge in [-0.3, -0.25) is 4.57 Å². The third kappa shape index (κ3) is 2.08. The van der Waals surface area contributed by atoms with Gasteiger partial charge in [-0.05, 0) is 20.3 Å². The second-order valence-electron chi connectivity index (χ2n) is 2.68. The van der Waals surface area contributed by atoms with Crippen LogP contribution in [0.25, 0.3) is 0 Å². The largest absolute Gasteiger partial charge is 0.331 e. The summed E-state index contributed by atoms with van der Waals surface area (Å²) in [7, 11) is -2.63. The lowest BCUT2D eigenvalue weighted by atomic mass is 10.5. The summed E-state index contributed by atoms with van der Waals surface area (Å²) in [5.41, 5.74) is 0. The second-order valence-corrected chi connectivity index (χ2v) is 4.81. The molecule has 1 unspecified atom stereocenters. The van der Waals surface area contributed by atoms with Gasteiger partial charge in [-0.15, -0.1) is 0 Å². The predicted octanol–water partition coefficient (Wildman–Crippen LogP) is 2.02. The standard InChI is InChI=1S/C6H13O3P/c1-6(2)9-10(7)5-3-4-8-10/h6H,3-5H2,1-2H3. The molecule has 1 heterocycles. The van der Waals surface area contributed by atoms with Crippen LogP contribution in [0.3, 0.4) is 0 Å². The molecule has 1 rings (SSSR count). The fourth-order valence-electron chi connectivity index (χ4n) is 0.931. The third-order valence-corrected chi connectivity index (χ3v) is 3.42. The maximum absolute atomic E-state index is 11.4. The van der Waals surface area contributed by atoms with E-state index in [-0.39, 0.29) is 6.10 Å².